The minimum Gasteiger partial charge on any atom is -0.347 e. The standard InChI is InChI=1S/C18H24N2O2/c1-2-16(21)19-11-17(22)20-12-15(14-7-4-3-5-8-14)18(13-20)9-6-10-18/h3-5,7-8,15H,2,6,9-13H2,1H3,(H,19,21). The largest absolute Gasteiger partial charge is 0.347 e. The van der Waals surface area contributed by atoms with Crippen LogP contribution in [-0.4, -0.2) is 36.3 Å². The summed E-state index contributed by atoms with van der Waals surface area (Å²) in [7, 11) is 0. The first-order chi connectivity index (χ1) is 10.6. The molecule has 2 aliphatic rings. The van der Waals surface area contributed by atoms with Gasteiger partial charge in [-0.2, -0.15) is 0 Å². The molecule has 22 heavy (non-hydrogen) atoms. The summed E-state index contributed by atoms with van der Waals surface area (Å²) >= 11 is 0. The van der Waals surface area contributed by atoms with E-state index in [0.717, 1.165) is 13.1 Å². The summed E-state index contributed by atoms with van der Waals surface area (Å²) in [5, 5.41) is 2.70. The molecule has 0 aromatic heterocycles. The molecule has 1 aliphatic heterocycles. The van der Waals surface area contributed by atoms with Gasteiger partial charge < -0.3 is 10.2 Å². The van der Waals surface area contributed by atoms with Crippen molar-refractivity contribution in [2.45, 2.75) is 38.5 Å². The van der Waals surface area contributed by atoms with Gasteiger partial charge in [0.2, 0.25) is 11.8 Å². The third-order valence-corrected chi connectivity index (χ3v) is 5.31. The van der Waals surface area contributed by atoms with Crippen LogP contribution in [0, 0.1) is 5.41 Å². The zero-order chi connectivity index (χ0) is 15.6. The zero-order valence-corrected chi connectivity index (χ0v) is 13.2. The van der Waals surface area contributed by atoms with Crippen molar-refractivity contribution in [3.8, 4) is 0 Å². The molecule has 1 spiro atoms. The van der Waals surface area contributed by atoms with Gasteiger partial charge in [-0.1, -0.05) is 43.7 Å². The fourth-order valence-electron chi connectivity index (χ4n) is 3.85. The monoisotopic (exact) mass is 300 g/mol. The first-order valence-electron chi connectivity index (χ1n) is 8.24. The third kappa shape index (κ3) is 2.74. The Hall–Kier alpha value is -1.84. The zero-order valence-electron chi connectivity index (χ0n) is 13.2. The van der Waals surface area contributed by atoms with Crippen molar-refractivity contribution in [1.29, 1.82) is 0 Å². The highest BCUT2D eigenvalue weighted by molar-refractivity contribution is 5.84. The molecule has 1 saturated carbocycles. The molecule has 4 heteroatoms. The van der Waals surface area contributed by atoms with Gasteiger partial charge in [0.1, 0.15) is 0 Å². The third-order valence-electron chi connectivity index (χ3n) is 5.31. The van der Waals surface area contributed by atoms with Crippen molar-refractivity contribution in [1.82, 2.24) is 10.2 Å². The molecule has 1 unspecified atom stereocenters. The van der Waals surface area contributed by atoms with Gasteiger partial charge in [-0.15, -0.1) is 0 Å². The number of benzene rings is 1. The second-order valence-electron chi connectivity index (χ2n) is 6.58. The topological polar surface area (TPSA) is 49.4 Å². The second-order valence-corrected chi connectivity index (χ2v) is 6.58. The van der Waals surface area contributed by atoms with Crippen LogP contribution in [0.4, 0.5) is 0 Å². The van der Waals surface area contributed by atoms with Crippen molar-refractivity contribution in [2.75, 3.05) is 19.6 Å². The van der Waals surface area contributed by atoms with Gasteiger partial charge in [-0.3, -0.25) is 9.59 Å². The molecule has 1 heterocycles. The number of carbonyl (C=O) groups is 2. The van der Waals surface area contributed by atoms with Crippen LogP contribution < -0.4 is 5.32 Å². The van der Waals surface area contributed by atoms with E-state index in [1.165, 1.54) is 24.8 Å². The van der Waals surface area contributed by atoms with Crippen molar-refractivity contribution >= 4 is 11.8 Å². The summed E-state index contributed by atoms with van der Waals surface area (Å²) in [6.07, 6.45) is 4.09. The van der Waals surface area contributed by atoms with E-state index in [4.69, 9.17) is 0 Å². The summed E-state index contributed by atoms with van der Waals surface area (Å²) in [5.41, 5.74) is 1.61. The smallest absolute Gasteiger partial charge is 0.242 e. The highest BCUT2D eigenvalue weighted by Crippen LogP contribution is 2.55. The number of nitrogens with zero attached hydrogens (tertiary/aromatic N) is 1. The van der Waals surface area contributed by atoms with Gasteiger partial charge in [0.05, 0.1) is 6.54 Å². The summed E-state index contributed by atoms with van der Waals surface area (Å²) in [6.45, 7) is 3.55. The number of hydrogen-bond acceptors (Lipinski definition) is 2. The lowest BCUT2D eigenvalue weighted by Gasteiger charge is -2.43. The Morgan fingerprint density at radius 3 is 2.59 bits per heavy atom. The molecular weight excluding hydrogens is 276 g/mol. The molecule has 0 bridgehead atoms. The molecule has 2 fully saturated rings. The Balaban J connectivity index is 1.69. The predicted molar refractivity (Wildman–Crippen MR) is 85.3 cm³/mol. The molecule has 3 rings (SSSR count). The Bertz CT molecular complexity index is 551. The number of carbonyl (C=O) groups excluding carboxylic acids is 2. The fraction of sp³-hybridized carbons (Fsp3) is 0.556. The predicted octanol–water partition coefficient (Wildman–Crippen LogP) is 2.31. The van der Waals surface area contributed by atoms with Crippen molar-refractivity contribution in [3.05, 3.63) is 35.9 Å². The van der Waals surface area contributed by atoms with Crippen molar-refractivity contribution < 1.29 is 9.59 Å². The number of amides is 2. The Kier molecular flexibility index (Phi) is 4.19. The maximum atomic E-state index is 12.4. The highest BCUT2D eigenvalue weighted by atomic mass is 16.2. The molecule has 1 N–H and O–H groups in total. The van der Waals surface area contributed by atoms with E-state index in [0.29, 0.717) is 12.3 Å². The maximum absolute atomic E-state index is 12.4. The van der Waals surface area contributed by atoms with Crippen LogP contribution in [0.15, 0.2) is 30.3 Å². The van der Waals surface area contributed by atoms with Gasteiger partial charge in [0.25, 0.3) is 0 Å². The van der Waals surface area contributed by atoms with Crippen LogP contribution in [-0.2, 0) is 9.59 Å². The first kappa shape index (κ1) is 15.1. The number of nitrogens with one attached hydrogen (secondary N) is 1. The number of likely N-dealkylation sites (tertiary alicyclic amines) is 1. The lowest BCUT2D eigenvalue weighted by molar-refractivity contribution is -0.132. The van der Waals surface area contributed by atoms with Crippen LogP contribution >= 0.6 is 0 Å². The van der Waals surface area contributed by atoms with E-state index >= 15 is 0 Å². The number of hydrogen-bond donors (Lipinski definition) is 1. The lowest BCUT2D eigenvalue weighted by atomic mass is 9.61. The van der Waals surface area contributed by atoms with Gasteiger partial charge in [-0.05, 0) is 23.8 Å². The SMILES string of the molecule is CCC(=O)NCC(=O)N1CC(c2ccccc2)C2(CCC2)C1. The minimum atomic E-state index is -0.0643. The molecule has 2 amide bonds. The van der Waals surface area contributed by atoms with Crippen LogP contribution in [0.2, 0.25) is 0 Å². The summed E-state index contributed by atoms with van der Waals surface area (Å²) < 4.78 is 0. The Morgan fingerprint density at radius 2 is 2.00 bits per heavy atom. The normalized spacial score (nSPS) is 22.4. The molecule has 1 aromatic carbocycles. The van der Waals surface area contributed by atoms with E-state index in [-0.39, 0.29) is 23.8 Å². The average Bonchev–Trinajstić information content (AvgIpc) is 2.94. The summed E-state index contributed by atoms with van der Waals surface area (Å²) in [4.78, 5) is 25.7. The van der Waals surface area contributed by atoms with Crippen LogP contribution in [0.3, 0.4) is 0 Å². The molecule has 1 aromatic rings. The Morgan fingerprint density at radius 1 is 1.27 bits per heavy atom. The van der Waals surface area contributed by atoms with Crippen LogP contribution in [0.5, 0.6) is 0 Å². The van der Waals surface area contributed by atoms with E-state index < -0.39 is 0 Å². The Labute approximate surface area is 131 Å². The fourth-order valence-corrected chi connectivity index (χ4v) is 3.85. The first-order valence-corrected chi connectivity index (χ1v) is 8.24. The summed E-state index contributed by atoms with van der Waals surface area (Å²) in [6, 6.07) is 10.5. The average molecular weight is 300 g/mol. The van der Waals surface area contributed by atoms with Gasteiger partial charge in [0.15, 0.2) is 0 Å². The van der Waals surface area contributed by atoms with Crippen LogP contribution in [0.1, 0.15) is 44.1 Å². The van der Waals surface area contributed by atoms with Crippen molar-refractivity contribution in [3.63, 3.8) is 0 Å². The van der Waals surface area contributed by atoms with Gasteiger partial charge >= 0.3 is 0 Å². The molecule has 1 saturated heterocycles. The minimum absolute atomic E-state index is 0.0477. The second kappa shape index (κ2) is 6.11. The van der Waals surface area contributed by atoms with E-state index in [1.807, 2.05) is 11.0 Å². The summed E-state index contributed by atoms with van der Waals surface area (Å²) in [5.74, 6) is 0.422. The van der Waals surface area contributed by atoms with Crippen LogP contribution in [0.25, 0.3) is 0 Å². The van der Waals surface area contributed by atoms with E-state index in [2.05, 4.69) is 29.6 Å². The molecule has 4 nitrogen and oxygen atoms in total. The molecule has 0 radical (unpaired) electrons. The lowest BCUT2D eigenvalue weighted by Crippen LogP contribution is -2.41. The van der Waals surface area contributed by atoms with Gasteiger partial charge in [0, 0.05) is 25.4 Å². The molecule has 1 aliphatic carbocycles. The quantitative estimate of drug-likeness (QED) is 0.927. The van der Waals surface area contributed by atoms with Crippen molar-refractivity contribution in [2.24, 2.45) is 5.41 Å². The van der Waals surface area contributed by atoms with E-state index in [9.17, 15) is 9.59 Å². The highest BCUT2D eigenvalue weighted by Gasteiger charge is 2.51. The molecule has 118 valence electrons. The molecule has 1 atom stereocenters. The van der Waals surface area contributed by atoms with E-state index in [1.54, 1.807) is 6.92 Å². The number of rotatable bonds is 4. The van der Waals surface area contributed by atoms with Gasteiger partial charge in [-0.25, -0.2) is 0 Å². The maximum Gasteiger partial charge on any atom is 0.242 e. The molecular formula is C18H24N2O2.